The van der Waals surface area contributed by atoms with Gasteiger partial charge in [0.1, 0.15) is 0 Å². The van der Waals surface area contributed by atoms with Crippen molar-refractivity contribution in [3.8, 4) is 0 Å². The quantitative estimate of drug-likeness (QED) is 0.449. The van der Waals surface area contributed by atoms with Crippen LogP contribution >= 0.6 is 0 Å². The smallest absolute Gasteiger partial charge is 0.213 e. The van der Waals surface area contributed by atoms with Crippen molar-refractivity contribution in [1.82, 2.24) is 14.9 Å². The van der Waals surface area contributed by atoms with Crippen LogP contribution in [0, 0.1) is 5.92 Å². The van der Waals surface area contributed by atoms with Crippen molar-refractivity contribution < 1.29 is 13.5 Å². The predicted molar refractivity (Wildman–Crippen MR) is 89.4 cm³/mol. The van der Waals surface area contributed by atoms with E-state index in [1.807, 2.05) is 13.8 Å². The van der Waals surface area contributed by atoms with Gasteiger partial charge in [0.2, 0.25) is 10.0 Å². The minimum atomic E-state index is -3.08. The summed E-state index contributed by atoms with van der Waals surface area (Å²) in [5.41, 5.74) is 0. The van der Waals surface area contributed by atoms with Crippen molar-refractivity contribution >= 4 is 16.0 Å². The van der Waals surface area contributed by atoms with Gasteiger partial charge in [0.05, 0.1) is 5.75 Å². The number of rotatable bonds is 7. The van der Waals surface area contributed by atoms with Gasteiger partial charge in [-0.2, -0.15) is 0 Å². The molecule has 0 amide bonds. The van der Waals surface area contributed by atoms with Crippen molar-refractivity contribution in [2.75, 3.05) is 38.5 Å². The molecule has 0 saturated carbocycles. The molecule has 1 fully saturated rings. The second-order valence-electron chi connectivity index (χ2n) is 5.73. The molecule has 1 unspecified atom stereocenters. The molecule has 1 rings (SSSR count). The maximum Gasteiger partial charge on any atom is 0.213 e. The highest BCUT2D eigenvalue weighted by Crippen LogP contribution is 2.14. The van der Waals surface area contributed by atoms with Crippen molar-refractivity contribution in [1.29, 1.82) is 0 Å². The molecule has 0 aromatic carbocycles. The Morgan fingerprint density at radius 1 is 1.36 bits per heavy atom. The van der Waals surface area contributed by atoms with E-state index in [1.165, 1.54) is 0 Å². The summed E-state index contributed by atoms with van der Waals surface area (Å²) in [5, 5.41) is 15.6. The maximum atomic E-state index is 11.8. The third kappa shape index (κ3) is 6.10. The van der Waals surface area contributed by atoms with Crippen LogP contribution in [0.25, 0.3) is 0 Å². The first kappa shape index (κ1) is 19.2. The summed E-state index contributed by atoms with van der Waals surface area (Å²) in [7, 11) is -3.08. The molecule has 8 heteroatoms. The fraction of sp³-hybridized carbons (Fsp3) is 0.929. The third-order valence-corrected chi connectivity index (χ3v) is 5.65. The Hall–Kier alpha value is -0.860. The number of aliphatic imine (C=N–C) groups is 1. The average molecular weight is 334 g/mol. The molecule has 22 heavy (non-hydrogen) atoms. The van der Waals surface area contributed by atoms with Crippen molar-refractivity contribution in [2.45, 2.75) is 39.7 Å². The van der Waals surface area contributed by atoms with Crippen LogP contribution in [-0.2, 0) is 10.0 Å². The summed E-state index contributed by atoms with van der Waals surface area (Å²) in [6, 6.07) is 0.227. The number of hydrogen-bond acceptors (Lipinski definition) is 4. The van der Waals surface area contributed by atoms with E-state index in [4.69, 9.17) is 5.11 Å². The van der Waals surface area contributed by atoms with Crippen molar-refractivity contribution in [3.05, 3.63) is 0 Å². The van der Waals surface area contributed by atoms with E-state index in [-0.39, 0.29) is 24.3 Å². The SMILES string of the molecule is CCNC(=NCC(C)CO)NC1CCN(S(=O)(=O)CC)CC1. The van der Waals surface area contributed by atoms with E-state index in [2.05, 4.69) is 15.6 Å². The molecule has 0 aromatic rings. The number of hydrogen-bond donors (Lipinski definition) is 3. The monoisotopic (exact) mass is 334 g/mol. The van der Waals surface area contributed by atoms with Crippen LogP contribution in [0.5, 0.6) is 0 Å². The van der Waals surface area contributed by atoms with Crippen molar-refractivity contribution in [2.24, 2.45) is 10.9 Å². The van der Waals surface area contributed by atoms with Gasteiger partial charge >= 0.3 is 0 Å². The van der Waals surface area contributed by atoms with Gasteiger partial charge in [0.25, 0.3) is 0 Å². The number of sulfonamides is 1. The minimum Gasteiger partial charge on any atom is -0.396 e. The number of aliphatic hydroxyl groups is 1. The van der Waals surface area contributed by atoms with Crippen LogP contribution in [0.1, 0.15) is 33.6 Å². The molecule has 1 atom stereocenters. The molecule has 1 saturated heterocycles. The Morgan fingerprint density at radius 3 is 2.50 bits per heavy atom. The highest BCUT2D eigenvalue weighted by molar-refractivity contribution is 7.89. The van der Waals surface area contributed by atoms with E-state index in [1.54, 1.807) is 11.2 Å². The number of nitrogens with one attached hydrogen (secondary N) is 2. The molecule has 0 bridgehead atoms. The molecule has 7 nitrogen and oxygen atoms in total. The first-order valence-corrected chi connectivity index (χ1v) is 9.67. The van der Waals surface area contributed by atoms with Crippen molar-refractivity contribution in [3.63, 3.8) is 0 Å². The highest BCUT2D eigenvalue weighted by Gasteiger charge is 2.26. The number of aliphatic hydroxyl groups excluding tert-OH is 1. The molecule has 3 N–H and O–H groups in total. The largest absolute Gasteiger partial charge is 0.396 e. The molecular weight excluding hydrogens is 304 g/mol. The highest BCUT2D eigenvalue weighted by atomic mass is 32.2. The van der Waals surface area contributed by atoms with Crippen LogP contribution in [0.4, 0.5) is 0 Å². The summed E-state index contributed by atoms with van der Waals surface area (Å²) in [4.78, 5) is 4.46. The van der Waals surface area contributed by atoms with Crippen LogP contribution in [-0.4, -0.2) is 68.4 Å². The standard InChI is InChI=1S/C14H30N4O3S/c1-4-15-14(16-10-12(3)11-19)17-13-6-8-18(9-7-13)22(20,21)5-2/h12-13,19H,4-11H2,1-3H3,(H2,15,16,17). The molecule has 0 radical (unpaired) electrons. The molecule has 0 spiro atoms. The topological polar surface area (TPSA) is 94.0 Å². The molecule has 130 valence electrons. The molecule has 1 heterocycles. The lowest BCUT2D eigenvalue weighted by atomic mass is 10.1. The first-order valence-electron chi connectivity index (χ1n) is 8.06. The number of piperidine rings is 1. The summed E-state index contributed by atoms with van der Waals surface area (Å²) in [6.45, 7) is 8.19. The number of guanidine groups is 1. The van der Waals surface area contributed by atoms with Gasteiger partial charge in [0.15, 0.2) is 5.96 Å². The van der Waals surface area contributed by atoms with E-state index < -0.39 is 10.0 Å². The zero-order valence-electron chi connectivity index (χ0n) is 13.9. The number of nitrogens with zero attached hydrogens (tertiary/aromatic N) is 2. The lowest BCUT2D eigenvalue weighted by Gasteiger charge is -2.32. The molecular formula is C14H30N4O3S. The Bertz CT molecular complexity index is 445. The summed E-state index contributed by atoms with van der Waals surface area (Å²) < 4.78 is 25.3. The van der Waals surface area contributed by atoms with E-state index >= 15 is 0 Å². The zero-order valence-corrected chi connectivity index (χ0v) is 14.7. The van der Waals surface area contributed by atoms with Gasteiger partial charge < -0.3 is 15.7 Å². The predicted octanol–water partition coefficient (Wildman–Crippen LogP) is -0.0160. The third-order valence-electron chi connectivity index (χ3n) is 3.77. The maximum absolute atomic E-state index is 11.8. The van der Waals surface area contributed by atoms with Gasteiger partial charge in [0, 0.05) is 38.8 Å². The zero-order chi connectivity index (χ0) is 16.6. The summed E-state index contributed by atoms with van der Waals surface area (Å²) in [6.07, 6.45) is 1.55. The average Bonchev–Trinajstić information content (AvgIpc) is 2.53. The van der Waals surface area contributed by atoms with Crippen LogP contribution in [0.2, 0.25) is 0 Å². The van der Waals surface area contributed by atoms with Gasteiger partial charge in [-0.15, -0.1) is 0 Å². The minimum absolute atomic E-state index is 0.121. The van der Waals surface area contributed by atoms with Crippen LogP contribution < -0.4 is 10.6 Å². The van der Waals surface area contributed by atoms with Crippen LogP contribution in [0.15, 0.2) is 4.99 Å². The van der Waals surface area contributed by atoms with Gasteiger partial charge in [-0.3, -0.25) is 4.99 Å². The van der Waals surface area contributed by atoms with Crippen LogP contribution in [0.3, 0.4) is 0 Å². The van der Waals surface area contributed by atoms with E-state index in [9.17, 15) is 8.42 Å². The normalized spacial score (nSPS) is 19.9. The summed E-state index contributed by atoms with van der Waals surface area (Å²) in [5.74, 6) is 1.03. The molecule has 0 aromatic heterocycles. The van der Waals surface area contributed by atoms with E-state index in [0.717, 1.165) is 25.3 Å². The van der Waals surface area contributed by atoms with E-state index in [0.29, 0.717) is 19.6 Å². The Kier molecular flexibility index (Phi) is 8.13. The molecule has 0 aliphatic carbocycles. The fourth-order valence-corrected chi connectivity index (χ4v) is 3.41. The summed E-state index contributed by atoms with van der Waals surface area (Å²) >= 11 is 0. The fourth-order valence-electron chi connectivity index (χ4n) is 2.28. The first-order chi connectivity index (χ1) is 10.4. The van der Waals surface area contributed by atoms with Gasteiger partial charge in [-0.1, -0.05) is 6.92 Å². The lowest BCUT2D eigenvalue weighted by molar-refractivity contribution is 0.241. The lowest BCUT2D eigenvalue weighted by Crippen LogP contribution is -2.50. The second kappa shape index (κ2) is 9.32. The molecule has 1 aliphatic heterocycles. The Morgan fingerprint density at radius 2 is 2.00 bits per heavy atom. The van der Waals surface area contributed by atoms with Gasteiger partial charge in [-0.05, 0) is 32.6 Å². The second-order valence-corrected chi connectivity index (χ2v) is 7.98. The Labute approximate surface area is 134 Å². The Balaban J connectivity index is 2.52. The molecule has 1 aliphatic rings. The van der Waals surface area contributed by atoms with Gasteiger partial charge in [-0.25, -0.2) is 12.7 Å².